The first kappa shape index (κ1) is 9.34. The van der Waals surface area contributed by atoms with Crippen LogP contribution < -0.4 is 0 Å². The van der Waals surface area contributed by atoms with Crippen LogP contribution in [0.25, 0.3) is 0 Å². The number of nitrogens with zero attached hydrogens (tertiary/aromatic N) is 2. The summed E-state index contributed by atoms with van der Waals surface area (Å²) in [5.74, 6) is 0. The molecule has 5 heteroatoms. The van der Waals surface area contributed by atoms with Crippen molar-refractivity contribution in [2.75, 3.05) is 7.11 Å². The van der Waals surface area contributed by atoms with Crippen LogP contribution in [0, 0.1) is 3.83 Å². The minimum atomic E-state index is -0.304. The van der Waals surface area contributed by atoms with Crippen molar-refractivity contribution in [2.24, 2.45) is 0 Å². The third-order valence-corrected chi connectivity index (χ3v) is 3.26. The van der Waals surface area contributed by atoms with E-state index in [4.69, 9.17) is 4.74 Å². The highest BCUT2D eigenvalue weighted by Crippen LogP contribution is 2.25. The Labute approximate surface area is 83.5 Å². The fourth-order valence-electron chi connectivity index (χ4n) is 0.537. The lowest BCUT2D eigenvalue weighted by Gasteiger charge is -2.18. The van der Waals surface area contributed by atoms with Crippen molar-refractivity contribution in [1.29, 1.82) is 0 Å². The summed E-state index contributed by atoms with van der Waals surface area (Å²) in [6.45, 7) is 3.95. The first-order chi connectivity index (χ1) is 5.06. The van der Waals surface area contributed by atoms with Crippen LogP contribution in [0.4, 0.5) is 0 Å². The molecule has 11 heavy (non-hydrogen) atoms. The van der Waals surface area contributed by atoms with E-state index in [1.807, 2.05) is 13.8 Å². The van der Waals surface area contributed by atoms with Crippen LogP contribution >= 0.6 is 34.1 Å². The van der Waals surface area contributed by atoms with Crippen molar-refractivity contribution in [3.05, 3.63) is 8.84 Å². The molecule has 0 atom stereocenters. The molecule has 1 heterocycles. The number of methoxy groups -OCH3 is 1. The molecule has 0 unspecified atom stereocenters. The Kier molecular flexibility index (Phi) is 2.82. The van der Waals surface area contributed by atoms with Gasteiger partial charge in [-0.1, -0.05) is 0 Å². The van der Waals surface area contributed by atoms with E-state index in [0.29, 0.717) is 0 Å². The molecule has 0 amide bonds. The number of ether oxygens (including phenoxy) is 1. The van der Waals surface area contributed by atoms with Crippen molar-refractivity contribution in [2.45, 2.75) is 19.4 Å². The quantitative estimate of drug-likeness (QED) is 0.779. The van der Waals surface area contributed by atoms with Crippen molar-refractivity contribution < 1.29 is 4.74 Å². The number of rotatable bonds is 2. The lowest BCUT2D eigenvalue weighted by atomic mass is 10.1. The fraction of sp³-hybridized carbons (Fsp3) is 0.667. The third-order valence-electron chi connectivity index (χ3n) is 1.43. The molecule has 0 N–H and O–H groups in total. The summed E-state index contributed by atoms with van der Waals surface area (Å²) in [4.78, 5) is 4.22. The molecule has 0 aromatic carbocycles. The van der Waals surface area contributed by atoms with E-state index >= 15 is 0 Å². The summed E-state index contributed by atoms with van der Waals surface area (Å²) >= 11 is 3.48. The van der Waals surface area contributed by atoms with E-state index in [0.717, 1.165) is 8.84 Å². The zero-order valence-corrected chi connectivity index (χ0v) is 9.56. The maximum atomic E-state index is 5.24. The van der Waals surface area contributed by atoms with Gasteiger partial charge in [0.15, 0.2) is 0 Å². The smallest absolute Gasteiger partial charge is 0.203 e. The Balaban J connectivity index is 2.92. The van der Waals surface area contributed by atoms with E-state index in [-0.39, 0.29) is 5.60 Å². The molecule has 0 fully saturated rings. The van der Waals surface area contributed by atoms with Crippen LogP contribution in [0.5, 0.6) is 0 Å². The first-order valence-electron chi connectivity index (χ1n) is 3.11. The average molecular weight is 284 g/mol. The Bertz CT molecular complexity index is 248. The lowest BCUT2D eigenvalue weighted by Crippen LogP contribution is -2.18. The molecule has 0 spiro atoms. The zero-order valence-electron chi connectivity index (χ0n) is 6.59. The number of hydrogen-bond acceptors (Lipinski definition) is 4. The molecule has 0 bridgehead atoms. The van der Waals surface area contributed by atoms with Gasteiger partial charge in [-0.05, 0) is 25.4 Å². The van der Waals surface area contributed by atoms with Gasteiger partial charge in [-0.2, -0.15) is 4.37 Å². The Hall–Kier alpha value is 0.250. The van der Waals surface area contributed by atoms with Gasteiger partial charge in [0.2, 0.25) is 3.83 Å². The predicted octanol–water partition coefficient (Wildman–Crippen LogP) is 2.02. The largest absolute Gasteiger partial charge is 0.372 e. The van der Waals surface area contributed by atoms with Gasteiger partial charge >= 0.3 is 0 Å². The Morgan fingerprint density at radius 1 is 1.55 bits per heavy atom. The van der Waals surface area contributed by atoms with Gasteiger partial charge in [0, 0.05) is 29.7 Å². The van der Waals surface area contributed by atoms with Crippen molar-refractivity contribution in [3.8, 4) is 0 Å². The molecule has 0 aliphatic heterocycles. The molecule has 62 valence electrons. The average Bonchev–Trinajstić information content (AvgIpc) is 2.36. The second-order valence-electron chi connectivity index (χ2n) is 2.58. The number of aromatic nitrogens is 2. The predicted molar refractivity (Wildman–Crippen MR) is 52.7 cm³/mol. The van der Waals surface area contributed by atoms with E-state index in [1.165, 1.54) is 11.5 Å². The minimum absolute atomic E-state index is 0.304. The molecule has 1 rings (SSSR count). The van der Waals surface area contributed by atoms with Gasteiger partial charge in [0.1, 0.15) is 10.6 Å². The lowest BCUT2D eigenvalue weighted by molar-refractivity contribution is 0.0189. The standard InChI is InChI=1S/C6H9IN2OS/c1-6(2,10-3)4-8-5(7)9-11-4/h1-3H3. The van der Waals surface area contributed by atoms with E-state index < -0.39 is 0 Å². The van der Waals surface area contributed by atoms with Crippen molar-refractivity contribution >= 4 is 34.1 Å². The van der Waals surface area contributed by atoms with Gasteiger partial charge in [0.25, 0.3) is 0 Å². The van der Waals surface area contributed by atoms with Crippen LogP contribution in [-0.4, -0.2) is 16.5 Å². The summed E-state index contributed by atoms with van der Waals surface area (Å²) in [7, 11) is 1.67. The maximum Gasteiger partial charge on any atom is 0.203 e. The molecule has 3 nitrogen and oxygen atoms in total. The van der Waals surface area contributed by atoms with Gasteiger partial charge in [-0.15, -0.1) is 0 Å². The molecule has 1 aromatic rings. The topological polar surface area (TPSA) is 35.0 Å². The minimum Gasteiger partial charge on any atom is -0.372 e. The molecular formula is C6H9IN2OS. The zero-order chi connectivity index (χ0) is 8.48. The van der Waals surface area contributed by atoms with Crippen LogP contribution in [0.1, 0.15) is 18.9 Å². The van der Waals surface area contributed by atoms with Gasteiger partial charge in [-0.3, -0.25) is 0 Å². The molecule has 0 saturated carbocycles. The molecule has 0 saturated heterocycles. The van der Waals surface area contributed by atoms with Crippen LogP contribution in [-0.2, 0) is 10.3 Å². The monoisotopic (exact) mass is 284 g/mol. The fourth-order valence-corrected chi connectivity index (χ4v) is 1.87. The third kappa shape index (κ3) is 2.09. The SMILES string of the molecule is COC(C)(C)c1nc(I)ns1. The highest BCUT2D eigenvalue weighted by molar-refractivity contribution is 14.1. The summed E-state index contributed by atoms with van der Waals surface area (Å²) < 4.78 is 10.1. The molecule has 0 aliphatic carbocycles. The molecule has 1 aromatic heterocycles. The summed E-state index contributed by atoms with van der Waals surface area (Å²) in [5, 5.41) is 0.921. The molecule has 0 radical (unpaired) electrons. The Morgan fingerprint density at radius 3 is 2.55 bits per heavy atom. The first-order valence-corrected chi connectivity index (χ1v) is 4.96. The van der Waals surface area contributed by atoms with Gasteiger partial charge in [-0.25, -0.2) is 4.98 Å². The van der Waals surface area contributed by atoms with Crippen molar-refractivity contribution in [1.82, 2.24) is 9.36 Å². The van der Waals surface area contributed by atoms with Crippen molar-refractivity contribution in [3.63, 3.8) is 0 Å². The second kappa shape index (κ2) is 3.32. The molecular weight excluding hydrogens is 275 g/mol. The van der Waals surface area contributed by atoms with Crippen LogP contribution in [0.15, 0.2) is 0 Å². The second-order valence-corrected chi connectivity index (χ2v) is 4.30. The number of halogens is 1. The van der Waals surface area contributed by atoms with Gasteiger partial charge < -0.3 is 4.74 Å². The molecule has 0 aliphatic rings. The maximum absolute atomic E-state index is 5.24. The summed E-state index contributed by atoms with van der Waals surface area (Å²) in [5.41, 5.74) is -0.304. The Morgan fingerprint density at radius 2 is 2.18 bits per heavy atom. The van der Waals surface area contributed by atoms with Crippen LogP contribution in [0.3, 0.4) is 0 Å². The highest BCUT2D eigenvalue weighted by Gasteiger charge is 2.23. The highest BCUT2D eigenvalue weighted by atomic mass is 127. The van der Waals surface area contributed by atoms with Crippen LogP contribution in [0.2, 0.25) is 0 Å². The number of hydrogen-bond donors (Lipinski definition) is 0. The normalized spacial score (nSPS) is 12.0. The van der Waals surface area contributed by atoms with E-state index in [2.05, 4.69) is 31.9 Å². The van der Waals surface area contributed by atoms with E-state index in [1.54, 1.807) is 7.11 Å². The summed E-state index contributed by atoms with van der Waals surface area (Å²) in [6.07, 6.45) is 0. The summed E-state index contributed by atoms with van der Waals surface area (Å²) in [6, 6.07) is 0. The van der Waals surface area contributed by atoms with E-state index in [9.17, 15) is 0 Å². The van der Waals surface area contributed by atoms with Gasteiger partial charge in [0.05, 0.1) is 0 Å².